The minimum absolute atomic E-state index is 0.0770. The van der Waals surface area contributed by atoms with Crippen molar-refractivity contribution in [1.29, 1.82) is 0 Å². The van der Waals surface area contributed by atoms with Crippen LogP contribution in [0.1, 0.15) is 62.6 Å². The number of carbonyl (C=O) groups excluding carboxylic acids is 1. The van der Waals surface area contributed by atoms with E-state index in [0.29, 0.717) is 18.5 Å². The largest absolute Gasteiger partial charge is 0.476 e. The van der Waals surface area contributed by atoms with Gasteiger partial charge in [-0.1, -0.05) is 0 Å². The number of carboxylic acids is 1. The lowest BCUT2D eigenvalue weighted by atomic mass is 9.84. The molecule has 2 fully saturated rings. The van der Waals surface area contributed by atoms with Gasteiger partial charge in [-0.2, -0.15) is 10.3 Å². The van der Waals surface area contributed by atoms with E-state index in [1.165, 1.54) is 0 Å². The minimum Gasteiger partial charge on any atom is -0.476 e. The summed E-state index contributed by atoms with van der Waals surface area (Å²) in [4.78, 5) is 25.6. The number of amides is 1. The van der Waals surface area contributed by atoms with E-state index < -0.39 is 23.2 Å². The molecule has 1 aromatic rings. The Morgan fingerprint density at radius 3 is 2.50 bits per heavy atom. The number of hydrogen-bond acceptors (Lipinski definition) is 5. The van der Waals surface area contributed by atoms with Gasteiger partial charge in [0.25, 0.3) is 0 Å². The average Bonchev–Trinajstić information content (AvgIpc) is 3.09. The van der Waals surface area contributed by atoms with Crippen molar-refractivity contribution in [2.45, 2.75) is 63.6 Å². The second-order valence-electron chi connectivity index (χ2n) is 6.94. The van der Waals surface area contributed by atoms with E-state index in [1.54, 1.807) is 4.90 Å². The van der Waals surface area contributed by atoms with Crippen molar-refractivity contribution >= 4 is 12.1 Å². The molecule has 1 aromatic heterocycles. The summed E-state index contributed by atoms with van der Waals surface area (Å²) in [5, 5.41) is 19.5. The highest BCUT2D eigenvalue weighted by Crippen LogP contribution is 2.53. The van der Waals surface area contributed by atoms with Crippen molar-refractivity contribution in [2.75, 3.05) is 0 Å². The molecule has 2 bridgehead atoms. The van der Waals surface area contributed by atoms with Crippen LogP contribution in [0.3, 0.4) is 0 Å². The second kappa shape index (κ2) is 4.69. The van der Waals surface area contributed by atoms with E-state index in [0.717, 1.165) is 12.8 Å². The van der Waals surface area contributed by atoms with Crippen LogP contribution in [0.5, 0.6) is 0 Å². The standard InChI is InChI=1S/C14H20N4O4/c1-13(2,3)22-12(21)18-8-4-6-14(18,7-5-8)10-9(11(19)20)15-17-16-10/h8H,4-7H2,1-3H3,(H,19,20)(H,15,16,17). The molecule has 8 heteroatoms. The molecular formula is C14H20N4O4. The third-order valence-electron chi connectivity index (χ3n) is 4.39. The molecule has 0 spiro atoms. The predicted molar refractivity (Wildman–Crippen MR) is 75.3 cm³/mol. The van der Waals surface area contributed by atoms with Gasteiger partial charge in [0, 0.05) is 6.04 Å². The molecule has 2 aliphatic rings. The SMILES string of the molecule is CC(C)(C)OC(=O)N1C2CCC1(c1n[nH]nc1C(=O)O)CC2. The molecule has 2 N–H and O–H groups in total. The first kappa shape index (κ1) is 14.8. The first-order valence-corrected chi connectivity index (χ1v) is 7.41. The number of rotatable bonds is 2. The number of aromatic amines is 1. The van der Waals surface area contributed by atoms with Crippen LogP contribution in [0.25, 0.3) is 0 Å². The van der Waals surface area contributed by atoms with E-state index >= 15 is 0 Å². The first-order valence-electron chi connectivity index (χ1n) is 7.41. The summed E-state index contributed by atoms with van der Waals surface area (Å²) in [6.07, 6.45) is 2.61. The van der Waals surface area contributed by atoms with Crippen LogP contribution in [0.2, 0.25) is 0 Å². The molecule has 0 saturated carbocycles. The molecule has 0 atom stereocenters. The van der Waals surface area contributed by atoms with Crippen molar-refractivity contribution in [3.8, 4) is 0 Å². The quantitative estimate of drug-likeness (QED) is 0.863. The second-order valence-corrected chi connectivity index (χ2v) is 6.94. The number of nitrogens with one attached hydrogen (secondary N) is 1. The summed E-state index contributed by atoms with van der Waals surface area (Å²) in [5.74, 6) is -1.14. The van der Waals surface area contributed by atoms with E-state index in [-0.39, 0.29) is 11.7 Å². The van der Waals surface area contributed by atoms with Crippen molar-refractivity contribution in [1.82, 2.24) is 20.3 Å². The molecule has 1 amide bonds. The molecule has 3 heterocycles. The van der Waals surface area contributed by atoms with Gasteiger partial charge >= 0.3 is 12.1 Å². The zero-order chi connectivity index (χ0) is 16.1. The van der Waals surface area contributed by atoms with Gasteiger partial charge in [0.1, 0.15) is 11.3 Å². The Bertz CT molecular complexity index is 611. The number of ether oxygens (including phenoxy) is 1. The molecule has 0 unspecified atom stereocenters. The number of carboxylic acid groups (broad SMARTS) is 1. The maximum atomic E-state index is 12.6. The van der Waals surface area contributed by atoms with Gasteiger partial charge in [0.2, 0.25) is 0 Å². The predicted octanol–water partition coefficient (Wildman–Crippen LogP) is 1.89. The summed E-state index contributed by atoms with van der Waals surface area (Å²) >= 11 is 0. The van der Waals surface area contributed by atoms with Gasteiger partial charge < -0.3 is 9.84 Å². The average molecular weight is 308 g/mol. The molecule has 0 aromatic carbocycles. The Morgan fingerprint density at radius 2 is 1.95 bits per heavy atom. The molecule has 120 valence electrons. The third kappa shape index (κ3) is 2.13. The number of nitrogens with zero attached hydrogens (tertiary/aromatic N) is 3. The Kier molecular flexibility index (Phi) is 3.15. The van der Waals surface area contributed by atoms with Crippen LogP contribution in [-0.2, 0) is 10.3 Å². The number of aromatic nitrogens is 3. The monoisotopic (exact) mass is 308 g/mol. The van der Waals surface area contributed by atoms with E-state index in [2.05, 4.69) is 15.4 Å². The van der Waals surface area contributed by atoms with Crippen molar-refractivity contribution < 1.29 is 19.4 Å². The lowest BCUT2D eigenvalue weighted by Gasteiger charge is -2.34. The van der Waals surface area contributed by atoms with Crippen LogP contribution in [0, 0.1) is 0 Å². The smallest absolute Gasteiger partial charge is 0.411 e. The maximum Gasteiger partial charge on any atom is 0.411 e. The van der Waals surface area contributed by atoms with Crippen LogP contribution in [0.15, 0.2) is 0 Å². The molecule has 0 radical (unpaired) electrons. The van der Waals surface area contributed by atoms with Crippen molar-refractivity contribution in [3.05, 3.63) is 11.4 Å². The number of hydrogen-bond donors (Lipinski definition) is 2. The zero-order valence-corrected chi connectivity index (χ0v) is 12.9. The number of fused-ring (bicyclic) bond motifs is 2. The highest BCUT2D eigenvalue weighted by molar-refractivity contribution is 5.87. The fourth-order valence-electron chi connectivity index (χ4n) is 3.62. The molecular weight excluding hydrogens is 288 g/mol. The van der Waals surface area contributed by atoms with Gasteiger partial charge in [0.05, 0.1) is 5.54 Å². The first-order chi connectivity index (χ1) is 10.2. The maximum absolute atomic E-state index is 12.6. The minimum atomic E-state index is -1.14. The summed E-state index contributed by atoms with van der Waals surface area (Å²) in [7, 11) is 0. The summed E-state index contributed by atoms with van der Waals surface area (Å²) in [5.41, 5.74) is -1.09. The number of carbonyl (C=O) groups is 2. The fourth-order valence-corrected chi connectivity index (χ4v) is 3.62. The Morgan fingerprint density at radius 1 is 1.32 bits per heavy atom. The fraction of sp³-hybridized carbons (Fsp3) is 0.714. The lowest BCUT2D eigenvalue weighted by molar-refractivity contribution is 0.00769. The van der Waals surface area contributed by atoms with Crippen molar-refractivity contribution in [3.63, 3.8) is 0 Å². The number of H-pyrrole nitrogens is 1. The van der Waals surface area contributed by atoms with Gasteiger partial charge in [0.15, 0.2) is 5.69 Å². The highest BCUT2D eigenvalue weighted by Gasteiger charge is 2.58. The normalized spacial score (nSPS) is 27.2. The molecule has 8 nitrogen and oxygen atoms in total. The number of aromatic carboxylic acids is 1. The zero-order valence-electron chi connectivity index (χ0n) is 12.9. The summed E-state index contributed by atoms with van der Waals surface area (Å²) in [6.45, 7) is 5.44. The summed E-state index contributed by atoms with van der Waals surface area (Å²) < 4.78 is 5.51. The van der Waals surface area contributed by atoms with E-state index in [1.807, 2.05) is 20.8 Å². The highest BCUT2D eigenvalue weighted by atomic mass is 16.6. The van der Waals surface area contributed by atoms with Gasteiger partial charge in [-0.15, -0.1) is 5.10 Å². The lowest BCUT2D eigenvalue weighted by Crippen LogP contribution is -2.46. The van der Waals surface area contributed by atoms with Crippen LogP contribution in [-0.4, -0.2) is 49.1 Å². The topological polar surface area (TPSA) is 108 Å². The third-order valence-corrected chi connectivity index (χ3v) is 4.39. The Labute approximate surface area is 127 Å². The van der Waals surface area contributed by atoms with Crippen LogP contribution >= 0.6 is 0 Å². The van der Waals surface area contributed by atoms with Gasteiger partial charge in [-0.3, -0.25) is 4.90 Å². The molecule has 2 saturated heterocycles. The van der Waals surface area contributed by atoms with Crippen LogP contribution < -0.4 is 0 Å². The molecule has 3 rings (SSSR count). The Balaban J connectivity index is 1.99. The molecule has 2 aliphatic heterocycles. The van der Waals surface area contributed by atoms with E-state index in [4.69, 9.17) is 4.74 Å². The van der Waals surface area contributed by atoms with Crippen molar-refractivity contribution in [2.24, 2.45) is 0 Å². The van der Waals surface area contributed by atoms with E-state index in [9.17, 15) is 14.7 Å². The van der Waals surface area contributed by atoms with Crippen LogP contribution in [0.4, 0.5) is 4.79 Å². The summed E-state index contributed by atoms with van der Waals surface area (Å²) in [6, 6.07) is 0.0770. The van der Waals surface area contributed by atoms with Gasteiger partial charge in [-0.25, -0.2) is 9.59 Å². The molecule has 0 aliphatic carbocycles. The molecule has 22 heavy (non-hydrogen) atoms. The van der Waals surface area contributed by atoms with Gasteiger partial charge in [-0.05, 0) is 46.5 Å². The Hall–Kier alpha value is -2.12.